The van der Waals surface area contributed by atoms with Gasteiger partial charge in [-0.05, 0) is 42.7 Å². The van der Waals surface area contributed by atoms with E-state index < -0.39 is 33.5 Å². The van der Waals surface area contributed by atoms with Crippen LogP contribution < -0.4 is 5.32 Å². The highest BCUT2D eigenvalue weighted by Crippen LogP contribution is 2.24. The SMILES string of the molecule is O=C(Nc1ccc(F)cc1F)C1CCCN(S(=O)(=O)Cc2ccc(Cl)cc2)C1. The monoisotopic (exact) mass is 428 g/mol. The molecule has 1 saturated heterocycles. The first-order valence-electron chi connectivity index (χ1n) is 8.73. The molecule has 28 heavy (non-hydrogen) atoms. The molecule has 0 radical (unpaired) electrons. The maximum absolute atomic E-state index is 13.7. The average molecular weight is 429 g/mol. The number of benzene rings is 2. The van der Waals surface area contributed by atoms with E-state index in [0.29, 0.717) is 36.0 Å². The van der Waals surface area contributed by atoms with Gasteiger partial charge in [0, 0.05) is 24.2 Å². The summed E-state index contributed by atoms with van der Waals surface area (Å²) in [7, 11) is -3.62. The Morgan fingerprint density at radius 1 is 1.18 bits per heavy atom. The molecule has 0 aliphatic carbocycles. The van der Waals surface area contributed by atoms with Crippen LogP contribution in [-0.2, 0) is 20.6 Å². The minimum absolute atomic E-state index is 0.0184. The molecule has 0 aromatic heterocycles. The second-order valence-electron chi connectivity index (χ2n) is 6.69. The standard InChI is InChI=1S/C19H19ClF2N2O3S/c20-15-5-3-13(4-6-15)12-28(26,27)24-9-1-2-14(11-24)19(25)23-18-8-7-16(21)10-17(18)22/h3-8,10,14H,1-2,9,11-12H2,(H,23,25). The zero-order valence-corrected chi connectivity index (χ0v) is 16.4. The number of nitrogens with zero attached hydrogens (tertiary/aromatic N) is 1. The summed E-state index contributed by atoms with van der Waals surface area (Å²) >= 11 is 5.82. The van der Waals surface area contributed by atoms with Crippen molar-refractivity contribution in [3.63, 3.8) is 0 Å². The first kappa shape index (κ1) is 20.7. The number of amides is 1. The normalized spacial score (nSPS) is 18.0. The van der Waals surface area contributed by atoms with Crippen LogP contribution in [0.15, 0.2) is 42.5 Å². The topological polar surface area (TPSA) is 66.5 Å². The van der Waals surface area contributed by atoms with Crippen molar-refractivity contribution in [3.8, 4) is 0 Å². The number of hydrogen-bond donors (Lipinski definition) is 1. The summed E-state index contributed by atoms with van der Waals surface area (Å²) in [5.41, 5.74) is 0.469. The Balaban J connectivity index is 1.67. The molecule has 9 heteroatoms. The van der Waals surface area contributed by atoms with Crippen molar-refractivity contribution in [2.24, 2.45) is 5.92 Å². The average Bonchev–Trinajstić information content (AvgIpc) is 2.66. The number of nitrogens with one attached hydrogen (secondary N) is 1. The molecule has 1 aliphatic heterocycles. The number of piperidine rings is 1. The largest absolute Gasteiger partial charge is 0.323 e. The number of carbonyl (C=O) groups is 1. The minimum Gasteiger partial charge on any atom is -0.323 e. The van der Waals surface area contributed by atoms with Gasteiger partial charge in [0.05, 0.1) is 17.4 Å². The number of sulfonamides is 1. The number of rotatable bonds is 5. The third-order valence-electron chi connectivity index (χ3n) is 4.60. The van der Waals surface area contributed by atoms with Crippen molar-refractivity contribution < 1.29 is 22.0 Å². The molecule has 1 aliphatic rings. The molecule has 3 rings (SSSR count). The lowest BCUT2D eigenvalue weighted by molar-refractivity contribution is -0.120. The van der Waals surface area contributed by atoms with Crippen molar-refractivity contribution in [2.75, 3.05) is 18.4 Å². The van der Waals surface area contributed by atoms with E-state index in [9.17, 15) is 22.0 Å². The fourth-order valence-electron chi connectivity index (χ4n) is 3.12. The van der Waals surface area contributed by atoms with Crippen LogP contribution in [0.4, 0.5) is 14.5 Å². The van der Waals surface area contributed by atoms with Crippen molar-refractivity contribution in [3.05, 3.63) is 64.7 Å². The Hall–Kier alpha value is -2.03. The van der Waals surface area contributed by atoms with E-state index in [4.69, 9.17) is 11.6 Å². The molecule has 0 saturated carbocycles. The van der Waals surface area contributed by atoms with Crippen molar-refractivity contribution >= 4 is 33.2 Å². The van der Waals surface area contributed by atoms with E-state index in [0.717, 1.165) is 12.1 Å². The predicted molar refractivity (Wildman–Crippen MR) is 103 cm³/mol. The third-order valence-corrected chi connectivity index (χ3v) is 6.67. The number of anilines is 1. The second-order valence-corrected chi connectivity index (χ2v) is 9.10. The van der Waals surface area contributed by atoms with Gasteiger partial charge >= 0.3 is 0 Å². The predicted octanol–water partition coefficient (Wildman–Crippen LogP) is 3.80. The van der Waals surface area contributed by atoms with Crippen molar-refractivity contribution in [2.45, 2.75) is 18.6 Å². The van der Waals surface area contributed by atoms with Gasteiger partial charge in [0.15, 0.2) is 0 Å². The highest BCUT2D eigenvalue weighted by molar-refractivity contribution is 7.88. The van der Waals surface area contributed by atoms with Gasteiger partial charge in [0.2, 0.25) is 15.9 Å². The Labute approximate surface area is 167 Å². The van der Waals surface area contributed by atoms with E-state index >= 15 is 0 Å². The van der Waals surface area contributed by atoms with Gasteiger partial charge in [-0.25, -0.2) is 21.5 Å². The van der Waals surface area contributed by atoms with Crippen LogP contribution in [0.2, 0.25) is 5.02 Å². The summed E-state index contributed by atoms with van der Waals surface area (Å²) in [6, 6.07) is 9.39. The summed E-state index contributed by atoms with van der Waals surface area (Å²) in [5, 5.41) is 2.94. The summed E-state index contributed by atoms with van der Waals surface area (Å²) in [5.74, 6) is -2.91. The van der Waals surface area contributed by atoms with E-state index in [2.05, 4.69) is 5.32 Å². The molecular formula is C19H19ClF2N2O3S. The van der Waals surface area contributed by atoms with Gasteiger partial charge < -0.3 is 5.32 Å². The highest BCUT2D eigenvalue weighted by Gasteiger charge is 2.32. The molecule has 1 amide bonds. The van der Waals surface area contributed by atoms with Gasteiger partial charge in [-0.2, -0.15) is 0 Å². The minimum atomic E-state index is -3.62. The molecular weight excluding hydrogens is 410 g/mol. The molecule has 1 atom stereocenters. The zero-order chi connectivity index (χ0) is 20.3. The maximum atomic E-state index is 13.7. The van der Waals surface area contributed by atoms with Crippen LogP contribution in [0.5, 0.6) is 0 Å². The van der Waals surface area contributed by atoms with Gasteiger partial charge in [0.25, 0.3) is 0 Å². The molecule has 1 heterocycles. The molecule has 1 fully saturated rings. The van der Waals surface area contributed by atoms with Crippen LogP contribution in [0.25, 0.3) is 0 Å². The molecule has 2 aromatic carbocycles. The molecule has 2 aromatic rings. The summed E-state index contributed by atoms with van der Waals surface area (Å²) in [6.07, 6.45) is 1.01. The summed E-state index contributed by atoms with van der Waals surface area (Å²) in [4.78, 5) is 12.5. The van der Waals surface area contributed by atoms with Gasteiger partial charge in [-0.3, -0.25) is 4.79 Å². The fourth-order valence-corrected chi connectivity index (χ4v) is 4.85. The van der Waals surface area contributed by atoms with Crippen molar-refractivity contribution in [1.29, 1.82) is 0 Å². The first-order valence-corrected chi connectivity index (χ1v) is 10.7. The van der Waals surface area contributed by atoms with Crippen LogP contribution in [-0.4, -0.2) is 31.7 Å². The van der Waals surface area contributed by atoms with Crippen LogP contribution >= 0.6 is 11.6 Å². The lowest BCUT2D eigenvalue weighted by atomic mass is 9.98. The zero-order valence-electron chi connectivity index (χ0n) is 14.9. The Bertz CT molecular complexity index is 968. The molecule has 0 spiro atoms. The molecule has 1 unspecified atom stereocenters. The van der Waals surface area contributed by atoms with E-state index in [1.54, 1.807) is 24.3 Å². The van der Waals surface area contributed by atoms with Crippen LogP contribution in [0.1, 0.15) is 18.4 Å². The quantitative estimate of drug-likeness (QED) is 0.787. The lowest BCUT2D eigenvalue weighted by Gasteiger charge is -2.31. The maximum Gasteiger partial charge on any atom is 0.228 e. The smallest absolute Gasteiger partial charge is 0.228 e. The van der Waals surface area contributed by atoms with E-state index in [-0.39, 0.29) is 18.0 Å². The van der Waals surface area contributed by atoms with Gasteiger partial charge in [-0.15, -0.1) is 0 Å². The number of hydrogen-bond acceptors (Lipinski definition) is 3. The van der Waals surface area contributed by atoms with Crippen LogP contribution in [0.3, 0.4) is 0 Å². The number of carbonyl (C=O) groups excluding carboxylic acids is 1. The molecule has 1 N–H and O–H groups in total. The van der Waals surface area contributed by atoms with Crippen molar-refractivity contribution in [1.82, 2.24) is 4.31 Å². The Morgan fingerprint density at radius 3 is 2.57 bits per heavy atom. The first-order chi connectivity index (χ1) is 13.2. The van der Waals surface area contributed by atoms with Crippen LogP contribution in [0, 0.1) is 17.6 Å². The summed E-state index contributed by atoms with van der Waals surface area (Å²) in [6.45, 7) is 0.342. The van der Waals surface area contributed by atoms with E-state index in [1.165, 1.54) is 4.31 Å². The third kappa shape index (κ3) is 5.06. The van der Waals surface area contributed by atoms with Gasteiger partial charge in [0.1, 0.15) is 11.6 Å². The Morgan fingerprint density at radius 2 is 1.89 bits per heavy atom. The van der Waals surface area contributed by atoms with Gasteiger partial charge in [-0.1, -0.05) is 23.7 Å². The molecule has 5 nitrogen and oxygen atoms in total. The lowest BCUT2D eigenvalue weighted by Crippen LogP contribution is -2.44. The highest BCUT2D eigenvalue weighted by atomic mass is 35.5. The number of halogens is 3. The fraction of sp³-hybridized carbons (Fsp3) is 0.316. The van der Waals surface area contributed by atoms with E-state index in [1.807, 2.05) is 0 Å². The molecule has 150 valence electrons. The Kier molecular flexibility index (Phi) is 6.32. The second kappa shape index (κ2) is 8.55. The molecule has 0 bridgehead atoms. The summed E-state index contributed by atoms with van der Waals surface area (Å²) < 4.78 is 53.5.